The van der Waals surface area contributed by atoms with E-state index in [1.807, 2.05) is 12.1 Å². The molecule has 0 amide bonds. The smallest absolute Gasteiger partial charge is 0.176 e. The zero-order chi connectivity index (χ0) is 16.2. The molecule has 0 atom stereocenters. The maximum atomic E-state index is 12.5. The van der Waals surface area contributed by atoms with Gasteiger partial charge in [0.25, 0.3) is 0 Å². The molecule has 0 bridgehead atoms. The monoisotopic (exact) mass is 344 g/mol. The number of hydrogen-bond acceptors (Lipinski definition) is 6. The van der Waals surface area contributed by atoms with Crippen LogP contribution in [0.4, 0.5) is 0 Å². The van der Waals surface area contributed by atoms with E-state index < -0.39 is 0 Å². The molecule has 4 nitrogen and oxygen atoms in total. The normalized spacial score (nSPS) is 10.9. The Hall–Kier alpha value is -1.92. The number of methoxy groups -OCH3 is 1. The van der Waals surface area contributed by atoms with Crippen LogP contribution in [0.5, 0.6) is 5.75 Å². The Morgan fingerprint density at radius 1 is 1.30 bits per heavy atom. The van der Waals surface area contributed by atoms with Gasteiger partial charge in [-0.1, -0.05) is 30.8 Å². The molecule has 3 rings (SSSR count). The summed E-state index contributed by atoms with van der Waals surface area (Å²) in [5.74, 6) is 0.962. The molecular weight excluding hydrogens is 328 g/mol. The number of Topliss-reactive ketones (excluding diaryl/α,β-unsaturated/α-hetero) is 1. The lowest BCUT2D eigenvalue weighted by Gasteiger charge is -2.07. The van der Waals surface area contributed by atoms with Crippen molar-refractivity contribution in [3.8, 4) is 5.75 Å². The lowest BCUT2D eigenvalue weighted by atomic mass is 10.1. The molecule has 3 aromatic rings. The van der Waals surface area contributed by atoms with Crippen LogP contribution in [0.15, 0.2) is 41.7 Å². The predicted octanol–water partition coefficient (Wildman–Crippen LogP) is 4.24. The molecular formula is C17H16N2O2S2. The van der Waals surface area contributed by atoms with E-state index in [1.165, 1.54) is 16.6 Å². The van der Waals surface area contributed by atoms with E-state index in [9.17, 15) is 4.79 Å². The maximum Gasteiger partial charge on any atom is 0.176 e. The predicted molar refractivity (Wildman–Crippen MR) is 94.8 cm³/mol. The average molecular weight is 344 g/mol. The second-order valence-electron chi connectivity index (χ2n) is 4.88. The van der Waals surface area contributed by atoms with Gasteiger partial charge in [0.05, 0.1) is 18.4 Å². The van der Waals surface area contributed by atoms with Crippen LogP contribution in [-0.4, -0.2) is 28.6 Å². The van der Waals surface area contributed by atoms with Gasteiger partial charge < -0.3 is 4.74 Å². The number of para-hydroxylation sites is 1. The third kappa shape index (κ3) is 3.38. The van der Waals surface area contributed by atoms with Crippen LogP contribution in [0.1, 0.15) is 22.2 Å². The van der Waals surface area contributed by atoms with Crippen molar-refractivity contribution in [1.82, 2.24) is 9.97 Å². The van der Waals surface area contributed by atoms with Crippen molar-refractivity contribution >= 4 is 39.1 Å². The lowest BCUT2D eigenvalue weighted by molar-refractivity contribution is 0.101. The summed E-state index contributed by atoms with van der Waals surface area (Å²) < 4.78 is 5.25. The van der Waals surface area contributed by atoms with Gasteiger partial charge in [-0.15, -0.1) is 11.3 Å². The number of hydrogen-bond donors (Lipinski definition) is 0. The number of ether oxygens (including phenoxy) is 1. The lowest BCUT2D eigenvalue weighted by Crippen LogP contribution is -2.05. The minimum Gasteiger partial charge on any atom is -0.496 e. The molecule has 118 valence electrons. The standard InChI is InChI=1S/C17H16N2O2S2/c1-3-11-8-13-16(18-10-19-17(13)23-11)22-9-14(20)12-6-4-5-7-15(12)21-2/h4-8,10H,3,9H2,1-2H3. The van der Waals surface area contributed by atoms with Crippen molar-refractivity contribution in [3.05, 3.63) is 47.1 Å². The summed E-state index contributed by atoms with van der Waals surface area (Å²) in [6.07, 6.45) is 2.54. The fourth-order valence-electron chi connectivity index (χ4n) is 2.26. The van der Waals surface area contributed by atoms with Crippen LogP contribution in [0, 0.1) is 0 Å². The van der Waals surface area contributed by atoms with Gasteiger partial charge in [0.15, 0.2) is 5.78 Å². The highest BCUT2D eigenvalue weighted by Crippen LogP contribution is 2.31. The second kappa shape index (κ2) is 7.10. The Kier molecular flexibility index (Phi) is 4.93. The van der Waals surface area contributed by atoms with Crippen molar-refractivity contribution in [2.45, 2.75) is 18.4 Å². The Morgan fingerprint density at radius 2 is 2.13 bits per heavy atom. The number of ketones is 1. The van der Waals surface area contributed by atoms with Gasteiger partial charge >= 0.3 is 0 Å². The highest BCUT2D eigenvalue weighted by Gasteiger charge is 2.14. The van der Waals surface area contributed by atoms with Gasteiger partial charge in [-0.25, -0.2) is 9.97 Å². The first-order valence-corrected chi connectivity index (χ1v) is 9.05. The van der Waals surface area contributed by atoms with E-state index >= 15 is 0 Å². The summed E-state index contributed by atoms with van der Waals surface area (Å²) in [6, 6.07) is 9.41. The third-order valence-corrected chi connectivity index (χ3v) is 5.63. The van der Waals surface area contributed by atoms with Gasteiger partial charge in [0.2, 0.25) is 0 Å². The number of thiophene rings is 1. The van der Waals surface area contributed by atoms with Crippen molar-refractivity contribution in [2.24, 2.45) is 0 Å². The summed E-state index contributed by atoms with van der Waals surface area (Å²) in [7, 11) is 1.57. The summed E-state index contributed by atoms with van der Waals surface area (Å²) in [5, 5.41) is 1.89. The molecule has 0 aliphatic carbocycles. The van der Waals surface area contributed by atoms with Crippen LogP contribution in [0.2, 0.25) is 0 Å². The number of thioether (sulfide) groups is 1. The molecule has 0 fully saturated rings. The Balaban J connectivity index is 1.80. The third-order valence-electron chi connectivity index (χ3n) is 3.44. The Bertz CT molecular complexity index is 845. The van der Waals surface area contributed by atoms with Crippen LogP contribution in [-0.2, 0) is 6.42 Å². The number of nitrogens with zero attached hydrogens (tertiary/aromatic N) is 2. The molecule has 0 radical (unpaired) electrons. The SMILES string of the molecule is CCc1cc2c(SCC(=O)c3ccccc3OC)ncnc2s1. The zero-order valence-corrected chi connectivity index (χ0v) is 14.5. The summed E-state index contributed by atoms with van der Waals surface area (Å²) >= 11 is 3.13. The molecule has 2 aromatic heterocycles. The fourth-order valence-corrected chi connectivity index (χ4v) is 4.12. The van der Waals surface area contributed by atoms with E-state index in [0.29, 0.717) is 17.1 Å². The number of carbonyl (C=O) groups is 1. The van der Waals surface area contributed by atoms with Gasteiger partial charge in [-0.05, 0) is 24.6 Å². The van der Waals surface area contributed by atoms with Crippen molar-refractivity contribution in [2.75, 3.05) is 12.9 Å². The molecule has 0 unspecified atom stereocenters. The fraction of sp³-hybridized carbons (Fsp3) is 0.235. The topological polar surface area (TPSA) is 52.1 Å². The van der Waals surface area contributed by atoms with Crippen molar-refractivity contribution in [3.63, 3.8) is 0 Å². The molecule has 0 saturated carbocycles. The van der Waals surface area contributed by atoms with E-state index in [1.54, 1.807) is 36.9 Å². The van der Waals surface area contributed by atoms with Crippen LogP contribution >= 0.6 is 23.1 Å². The van der Waals surface area contributed by atoms with Crippen molar-refractivity contribution in [1.29, 1.82) is 0 Å². The quantitative estimate of drug-likeness (QED) is 0.380. The maximum absolute atomic E-state index is 12.5. The minimum atomic E-state index is 0.0326. The Labute approximate surface area is 142 Å². The number of rotatable bonds is 6. The largest absolute Gasteiger partial charge is 0.496 e. The highest BCUT2D eigenvalue weighted by molar-refractivity contribution is 8.00. The molecule has 0 aliphatic rings. The van der Waals surface area contributed by atoms with E-state index in [2.05, 4.69) is 23.0 Å². The molecule has 6 heteroatoms. The number of carbonyl (C=O) groups excluding carboxylic acids is 1. The average Bonchev–Trinajstić information content (AvgIpc) is 3.03. The van der Waals surface area contributed by atoms with Crippen molar-refractivity contribution < 1.29 is 9.53 Å². The number of aromatic nitrogens is 2. The van der Waals surface area contributed by atoms with Gasteiger partial charge in [0, 0.05) is 10.3 Å². The first-order valence-electron chi connectivity index (χ1n) is 7.25. The first kappa shape index (κ1) is 16.0. The molecule has 1 aromatic carbocycles. The van der Waals surface area contributed by atoms with Crippen LogP contribution < -0.4 is 4.74 Å². The van der Waals surface area contributed by atoms with Gasteiger partial charge in [-0.3, -0.25) is 4.79 Å². The van der Waals surface area contributed by atoms with E-state index in [4.69, 9.17) is 4.74 Å². The summed E-state index contributed by atoms with van der Waals surface area (Å²) in [4.78, 5) is 23.4. The number of aryl methyl sites for hydroxylation is 1. The number of fused-ring (bicyclic) bond motifs is 1. The Morgan fingerprint density at radius 3 is 2.91 bits per heavy atom. The van der Waals surface area contributed by atoms with Gasteiger partial charge in [-0.2, -0.15) is 0 Å². The van der Waals surface area contributed by atoms with Crippen LogP contribution in [0.3, 0.4) is 0 Å². The summed E-state index contributed by atoms with van der Waals surface area (Å²) in [6.45, 7) is 2.12. The zero-order valence-electron chi connectivity index (χ0n) is 12.9. The molecule has 2 heterocycles. The van der Waals surface area contributed by atoms with E-state index in [-0.39, 0.29) is 5.78 Å². The van der Waals surface area contributed by atoms with Crippen LogP contribution in [0.25, 0.3) is 10.2 Å². The molecule has 0 N–H and O–H groups in total. The van der Waals surface area contributed by atoms with E-state index in [0.717, 1.165) is 21.7 Å². The molecule has 0 aliphatic heterocycles. The molecule has 23 heavy (non-hydrogen) atoms. The first-order chi connectivity index (χ1) is 11.2. The van der Waals surface area contributed by atoms with Gasteiger partial charge in [0.1, 0.15) is 21.9 Å². The molecule has 0 spiro atoms. The summed E-state index contributed by atoms with van der Waals surface area (Å²) in [5.41, 5.74) is 0.604. The minimum absolute atomic E-state index is 0.0326. The highest BCUT2D eigenvalue weighted by atomic mass is 32.2. The molecule has 0 saturated heterocycles. The number of benzene rings is 1. The second-order valence-corrected chi connectivity index (χ2v) is 6.96.